The van der Waals surface area contributed by atoms with Crippen LogP contribution < -0.4 is 0 Å². The lowest BCUT2D eigenvalue weighted by atomic mass is 9.99. The third kappa shape index (κ3) is 3.47. The Morgan fingerprint density at radius 3 is 2.50 bits per heavy atom. The normalized spacial score (nSPS) is 23.8. The minimum atomic E-state index is -1.44. The highest BCUT2D eigenvalue weighted by Gasteiger charge is 2.40. The number of ether oxygens (including phenoxy) is 1. The summed E-state index contributed by atoms with van der Waals surface area (Å²) in [6.07, 6.45) is -3.63. The van der Waals surface area contributed by atoms with E-state index < -0.39 is 24.5 Å². The summed E-state index contributed by atoms with van der Waals surface area (Å²) in [4.78, 5) is 0. The Balaban J connectivity index is 2.00. The van der Waals surface area contributed by atoms with Crippen LogP contribution in [-0.4, -0.2) is 44.8 Å². The van der Waals surface area contributed by atoms with Crippen LogP contribution in [-0.2, 0) is 4.74 Å². The third-order valence-electron chi connectivity index (χ3n) is 5.22. The van der Waals surface area contributed by atoms with Crippen LogP contribution in [0.1, 0.15) is 17.4 Å². The SMILES string of the molecule is Cc1ccc(-c2cc(-c3ccco3)c(C#N)c(=S)n2[C@@H]2OC[C@H](O)[C@H](O)[C@H]2O)cc1. The van der Waals surface area contributed by atoms with Crippen molar-refractivity contribution in [2.75, 3.05) is 6.61 Å². The van der Waals surface area contributed by atoms with Gasteiger partial charge in [-0.3, -0.25) is 0 Å². The van der Waals surface area contributed by atoms with Crippen LogP contribution in [0.3, 0.4) is 0 Å². The number of nitrogens with zero attached hydrogens (tertiary/aromatic N) is 2. The average Bonchev–Trinajstić information content (AvgIpc) is 3.27. The molecule has 8 heteroatoms. The van der Waals surface area contributed by atoms with Crippen LogP contribution >= 0.6 is 12.2 Å². The van der Waals surface area contributed by atoms with Gasteiger partial charge in [0, 0.05) is 5.56 Å². The second kappa shape index (κ2) is 8.14. The van der Waals surface area contributed by atoms with Crippen LogP contribution in [0.4, 0.5) is 0 Å². The first-order chi connectivity index (χ1) is 14.4. The zero-order valence-corrected chi connectivity index (χ0v) is 16.9. The molecule has 0 amide bonds. The Morgan fingerprint density at radius 2 is 1.87 bits per heavy atom. The summed E-state index contributed by atoms with van der Waals surface area (Å²) in [6.45, 7) is 1.79. The summed E-state index contributed by atoms with van der Waals surface area (Å²) in [7, 11) is 0. The first kappa shape index (κ1) is 20.5. The predicted molar refractivity (Wildman–Crippen MR) is 111 cm³/mol. The molecule has 30 heavy (non-hydrogen) atoms. The van der Waals surface area contributed by atoms with Crippen molar-refractivity contribution in [2.45, 2.75) is 31.5 Å². The summed E-state index contributed by atoms with van der Waals surface area (Å²) in [5.41, 5.74) is 3.13. The zero-order valence-electron chi connectivity index (χ0n) is 16.1. The lowest BCUT2D eigenvalue weighted by Gasteiger charge is -2.37. The molecule has 1 aliphatic heterocycles. The van der Waals surface area contributed by atoms with Gasteiger partial charge in [-0.2, -0.15) is 5.26 Å². The van der Waals surface area contributed by atoms with Crippen molar-refractivity contribution >= 4 is 12.2 Å². The second-order valence-electron chi connectivity index (χ2n) is 7.22. The van der Waals surface area contributed by atoms with Crippen LogP contribution in [0.15, 0.2) is 53.1 Å². The molecule has 154 valence electrons. The smallest absolute Gasteiger partial charge is 0.163 e. The summed E-state index contributed by atoms with van der Waals surface area (Å²) < 4.78 is 12.8. The number of aliphatic hydroxyl groups excluding tert-OH is 3. The molecule has 3 N–H and O–H groups in total. The van der Waals surface area contributed by atoms with Crippen molar-refractivity contribution in [3.8, 4) is 28.7 Å². The molecule has 0 radical (unpaired) electrons. The van der Waals surface area contributed by atoms with Gasteiger partial charge < -0.3 is 29.0 Å². The third-order valence-corrected chi connectivity index (χ3v) is 5.62. The molecule has 3 aromatic rings. The van der Waals surface area contributed by atoms with E-state index in [9.17, 15) is 20.6 Å². The van der Waals surface area contributed by atoms with Crippen molar-refractivity contribution < 1.29 is 24.5 Å². The maximum atomic E-state index is 10.6. The van der Waals surface area contributed by atoms with Gasteiger partial charge in [0.1, 0.15) is 34.8 Å². The van der Waals surface area contributed by atoms with Gasteiger partial charge in [0.05, 0.1) is 24.1 Å². The van der Waals surface area contributed by atoms with Crippen LogP contribution in [0.25, 0.3) is 22.6 Å². The fourth-order valence-corrected chi connectivity index (χ4v) is 3.93. The largest absolute Gasteiger partial charge is 0.464 e. The van der Waals surface area contributed by atoms with Crippen molar-refractivity contribution in [1.82, 2.24) is 4.57 Å². The lowest BCUT2D eigenvalue weighted by Crippen LogP contribution is -2.51. The maximum Gasteiger partial charge on any atom is 0.163 e. The molecule has 4 rings (SSSR count). The standard InChI is InChI=1S/C22H20N2O5S/c1-12-4-6-13(7-5-12)16-9-14(18-3-2-8-28-18)15(10-23)22(30)24(16)21-20(27)19(26)17(25)11-29-21/h2-9,17,19-21,25-27H,11H2,1H3/t17-,19-,20+,21+/m0/s1. The summed E-state index contributed by atoms with van der Waals surface area (Å²) in [5, 5.41) is 40.5. The van der Waals surface area contributed by atoms with Gasteiger partial charge in [-0.05, 0) is 30.7 Å². The quantitative estimate of drug-likeness (QED) is 0.554. The Morgan fingerprint density at radius 1 is 1.13 bits per heavy atom. The topological polar surface area (TPSA) is 112 Å². The molecule has 0 saturated carbocycles. The fourth-order valence-electron chi connectivity index (χ4n) is 3.57. The molecule has 1 aromatic carbocycles. The van der Waals surface area contributed by atoms with E-state index >= 15 is 0 Å². The second-order valence-corrected chi connectivity index (χ2v) is 7.61. The maximum absolute atomic E-state index is 10.6. The Hall–Kier alpha value is -2.80. The summed E-state index contributed by atoms with van der Waals surface area (Å²) in [5.74, 6) is 0.485. The number of rotatable bonds is 3. The first-order valence-corrected chi connectivity index (χ1v) is 9.79. The van der Waals surface area contributed by atoms with Gasteiger partial charge in [0.15, 0.2) is 6.23 Å². The first-order valence-electron chi connectivity index (χ1n) is 9.38. The fraction of sp³-hybridized carbons (Fsp3) is 0.273. The van der Waals surface area contributed by atoms with E-state index in [0.717, 1.165) is 11.1 Å². The number of hydrogen-bond donors (Lipinski definition) is 3. The Kier molecular flexibility index (Phi) is 5.56. The van der Waals surface area contributed by atoms with Crippen LogP contribution in [0.2, 0.25) is 0 Å². The highest BCUT2D eigenvalue weighted by molar-refractivity contribution is 7.71. The molecule has 2 aromatic heterocycles. The number of pyridine rings is 1. The molecule has 7 nitrogen and oxygen atoms in total. The highest BCUT2D eigenvalue weighted by atomic mass is 32.1. The zero-order chi connectivity index (χ0) is 21.4. The van der Waals surface area contributed by atoms with E-state index in [0.29, 0.717) is 17.0 Å². The minimum absolute atomic E-state index is 0.134. The Bertz CT molecular complexity index is 1150. The number of aromatic nitrogens is 1. The van der Waals surface area contributed by atoms with Gasteiger partial charge in [0.25, 0.3) is 0 Å². The molecule has 0 spiro atoms. The molecule has 0 aliphatic carbocycles. The van der Waals surface area contributed by atoms with Crippen molar-refractivity contribution in [3.63, 3.8) is 0 Å². The molecular formula is C22H20N2O5S. The highest BCUT2D eigenvalue weighted by Crippen LogP contribution is 2.36. The number of furan rings is 1. The molecule has 4 atom stereocenters. The number of benzene rings is 1. The minimum Gasteiger partial charge on any atom is -0.464 e. The predicted octanol–water partition coefficient (Wildman–Crippen LogP) is 2.94. The molecular weight excluding hydrogens is 404 g/mol. The number of nitriles is 1. The van der Waals surface area contributed by atoms with Gasteiger partial charge in [-0.1, -0.05) is 42.0 Å². The van der Waals surface area contributed by atoms with E-state index in [1.165, 1.54) is 10.8 Å². The van der Waals surface area contributed by atoms with E-state index in [1.807, 2.05) is 31.2 Å². The molecule has 1 fully saturated rings. The summed E-state index contributed by atoms with van der Waals surface area (Å²) in [6, 6.07) is 15.0. The number of hydrogen-bond acceptors (Lipinski definition) is 7. The van der Waals surface area contributed by atoms with E-state index in [1.54, 1.807) is 18.2 Å². The Labute approximate surface area is 178 Å². The van der Waals surface area contributed by atoms with Gasteiger partial charge in [-0.25, -0.2) is 0 Å². The molecule has 1 aliphatic rings. The molecule has 0 unspecified atom stereocenters. The van der Waals surface area contributed by atoms with Crippen molar-refractivity contribution in [3.05, 3.63) is 64.5 Å². The average molecular weight is 424 g/mol. The van der Waals surface area contributed by atoms with E-state index in [4.69, 9.17) is 21.4 Å². The number of aliphatic hydroxyl groups is 3. The monoisotopic (exact) mass is 424 g/mol. The molecule has 1 saturated heterocycles. The van der Waals surface area contributed by atoms with Crippen molar-refractivity contribution in [1.29, 1.82) is 5.26 Å². The molecule has 3 heterocycles. The number of aryl methyl sites for hydroxylation is 1. The van der Waals surface area contributed by atoms with Crippen LogP contribution in [0.5, 0.6) is 0 Å². The van der Waals surface area contributed by atoms with Crippen molar-refractivity contribution in [2.24, 2.45) is 0 Å². The lowest BCUT2D eigenvalue weighted by molar-refractivity contribution is -0.210. The van der Waals surface area contributed by atoms with Gasteiger partial charge in [-0.15, -0.1) is 0 Å². The molecule has 0 bridgehead atoms. The van der Waals surface area contributed by atoms with Crippen LogP contribution in [0, 0.1) is 22.9 Å². The van der Waals surface area contributed by atoms with E-state index in [-0.39, 0.29) is 16.8 Å². The van der Waals surface area contributed by atoms with Gasteiger partial charge >= 0.3 is 0 Å². The van der Waals surface area contributed by atoms with Gasteiger partial charge in [0.2, 0.25) is 0 Å². The summed E-state index contributed by atoms with van der Waals surface area (Å²) >= 11 is 5.63. The van der Waals surface area contributed by atoms with E-state index in [2.05, 4.69) is 6.07 Å².